The Balaban J connectivity index is 2.23. The molecule has 0 saturated carbocycles. The molecule has 0 atom stereocenters. The SMILES string of the molecule is C[n+]1ccc(-c2cc[n+](CC(=O)[O-])cc2)cc1. The van der Waals surface area contributed by atoms with E-state index in [1.807, 2.05) is 48.3 Å². The molecule has 0 unspecified atom stereocenters. The summed E-state index contributed by atoms with van der Waals surface area (Å²) in [5.74, 6) is -1.09. The van der Waals surface area contributed by atoms with Gasteiger partial charge in [-0.05, 0) is 11.1 Å². The van der Waals surface area contributed by atoms with Crippen LogP contribution in [-0.2, 0) is 18.4 Å². The summed E-state index contributed by atoms with van der Waals surface area (Å²) < 4.78 is 3.53. The van der Waals surface area contributed by atoms with E-state index in [2.05, 4.69) is 0 Å². The maximum Gasteiger partial charge on any atom is 0.187 e. The van der Waals surface area contributed by atoms with Crippen LogP contribution in [0.3, 0.4) is 0 Å². The van der Waals surface area contributed by atoms with Crippen LogP contribution in [0, 0.1) is 0 Å². The van der Waals surface area contributed by atoms with Crippen molar-refractivity contribution in [1.82, 2.24) is 0 Å². The fraction of sp³-hybridized carbons (Fsp3) is 0.154. The van der Waals surface area contributed by atoms with Crippen LogP contribution in [0.15, 0.2) is 49.1 Å². The van der Waals surface area contributed by atoms with Gasteiger partial charge in [0.25, 0.3) is 0 Å². The zero-order valence-electron chi connectivity index (χ0n) is 9.54. The molecule has 0 amide bonds. The molecule has 0 saturated heterocycles. The number of aromatic nitrogens is 2. The molecule has 17 heavy (non-hydrogen) atoms. The van der Waals surface area contributed by atoms with Crippen LogP contribution >= 0.6 is 0 Å². The fourth-order valence-electron chi connectivity index (χ4n) is 1.60. The highest BCUT2D eigenvalue weighted by molar-refractivity contribution is 5.63. The number of nitrogens with zero attached hydrogens (tertiary/aromatic N) is 2. The van der Waals surface area contributed by atoms with Crippen molar-refractivity contribution >= 4 is 5.97 Å². The number of carboxylic acid groups (broad SMARTS) is 1. The fourth-order valence-corrected chi connectivity index (χ4v) is 1.60. The number of carbonyl (C=O) groups is 1. The van der Waals surface area contributed by atoms with Crippen molar-refractivity contribution in [3.05, 3.63) is 49.1 Å². The number of carbonyl (C=O) groups excluding carboxylic acids is 1. The normalized spacial score (nSPS) is 10.2. The Hall–Kier alpha value is -2.23. The molecule has 0 aliphatic heterocycles. The molecule has 86 valence electrons. The van der Waals surface area contributed by atoms with Gasteiger partial charge in [-0.2, -0.15) is 4.57 Å². The number of rotatable bonds is 3. The Morgan fingerprint density at radius 2 is 1.53 bits per heavy atom. The standard InChI is InChI=1S/C13H13N2O2/c1-14-6-2-11(3-7-14)12-4-8-15(9-5-12)10-13(16)17/h2-9H,10H2,1H3/q+1. The molecule has 2 heterocycles. The van der Waals surface area contributed by atoms with Gasteiger partial charge in [-0.15, -0.1) is 0 Å². The highest BCUT2D eigenvalue weighted by atomic mass is 16.4. The van der Waals surface area contributed by atoms with Crippen LogP contribution in [0.1, 0.15) is 0 Å². The van der Waals surface area contributed by atoms with E-state index >= 15 is 0 Å². The molecular weight excluding hydrogens is 216 g/mol. The molecule has 0 radical (unpaired) electrons. The van der Waals surface area contributed by atoms with E-state index in [0.717, 1.165) is 11.1 Å². The highest BCUT2D eigenvalue weighted by Gasteiger charge is 2.04. The van der Waals surface area contributed by atoms with Gasteiger partial charge in [-0.1, -0.05) is 0 Å². The molecule has 0 aliphatic rings. The monoisotopic (exact) mass is 229 g/mol. The minimum Gasteiger partial charge on any atom is -0.544 e. The first-order chi connectivity index (χ1) is 8.15. The third-order valence-corrected chi connectivity index (χ3v) is 2.51. The molecule has 0 spiro atoms. The smallest absolute Gasteiger partial charge is 0.187 e. The maximum absolute atomic E-state index is 10.4. The Bertz CT molecular complexity index is 518. The number of pyridine rings is 2. The topological polar surface area (TPSA) is 47.9 Å². The third kappa shape index (κ3) is 2.87. The summed E-state index contributed by atoms with van der Waals surface area (Å²) >= 11 is 0. The molecule has 2 rings (SSSR count). The zero-order chi connectivity index (χ0) is 12.3. The number of carboxylic acids is 1. The summed E-state index contributed by atoms with van der Waals surface area (Å²) in [5, 5.41) is 10.4. The molecule has 2 aromatic heterocycles. The molecule has 0 aromatic carbocycles. The summed E-state index contributed by atoms with van der Waals surface area (Å²) in [6.07, 6.45) is 7.41. The summed E-state index contributed by atoms with van der Waals surface area (Å²) in [6.45, 7) is -0.121. The lowest BCUT2D eigenvalue weighted by molar-refractivity contribution is -0.690. The quantitative estimate of drug-likeness (QED) is 0.648. The van der Waals surface area contributed by atoms with Crippen molar-refractivity contribution in [3.8, 4) is 11.1 Å². The van der Waals surface area contributed by atoms with E-state index in [0.29, 0.717) is 0 Å². The van der Waals surface area contributed by atoms with Gasteiger partial charge in [-0.3, -0.25) is 0 Å². The summed E-state index contributed by atoms with van der Waals surface area (Å²) in [4.78, 5) is 10.4. The van der Waals surface area contributed by atoms with Crippen molar-refractivity contribution in [3.63, 3.8) is 0 Å². The van der Waals surface area contributed by atoms with Crippen LogP contribution in [0.2, 0.25) is 0 Å². The van der Waals surface area contributed by atoms with Gasteiger partial charge in [0.1, 0.15) is 13.0 Å². The highest BCUT2D eigenvalue weighted by Crippen LogP contribution is 2.15. The molecule has 2 aromatic rings. The lowest BCUT2D eigenvalue weighted by Gasteiger charge is -2.00. The van der Waals surface area contributed by atoms with E-state index in [-0.39, 0.29) is 6.54 Å². The van der Waals surface area contributed by atoms with Crippen LogP contribution < -0.4 is 14.2 Å². The summed E-state index contributed by atoms with van der Waals surface area (Å²) in [5.41, 5.74) is 2.16. The number of hydrogen-bond acceptors (Lipinski definition) is 2. The van der Waals surface area contributed by atoms with Gasteiger partial charge in [0.15, 0.2) is 31.3 Å². The minimum absolute atomic E-state index is 0.121. The van der Waals surface area contributed by atoms with Gasteiger partial charge in [0, 0.05) is 24.3 Å². The van der Waals surface area contributed by atoms with E-state index in [1.54, 1.807) is 17.0 Å². The number of hydrogen-bond donors (Lipinski definition) is 0. The van der Waals surface area contributed by atoms with Crippen LogP contribution in [0.4, 0.5) is 0 Å². The minimum atomic E-state index is -1.09. The molecule has 4 nitrogen and oxygen atoms in total. The van der Waals surface area contributed by atoms with Crippen molar-refractivity contribution < 1.29 is 19.0 Å². The average Bonchev–Trinajstić information content (AvgIpc) is 2.30. The van der Waals surface area contributed by atoms with Crippen molar-refractivity contribution in [2.75, 3.05) is 0 Å². The maximum atomic E-state index is 10.4. The second-order valence-corrected chi connectivity index (χ2v) is 3.88. The van der Waals surface area contributed by atoms with Crippen LogP contribution in [0.5, 0.6) is 0 Å². The Morgan fingerprint density at radius 1 is 1.06 bits per heavy atom. The first-order valence-corrected chi connectivity index (χ1v) is 5.30. The average molecular weight is 229 g/mol. The van der Waals surface area contributed by atoms with Crippen molar-refractivity contribution in [2.24, 2.45) is 7.05 Å². The van der Waals surface area contributed by atoms with E-state index in [1.165, 1.54) is 0 Å². The van der Waals surface area contributed by atoms with Crippen LogP contribution in [0.25, 0.3) is 11.1 Å². The Kier molecular flexibility index (Phi) is 3.14. The second-order valence-electron chi connectivity index (χ2n) is 3.88. The second kappa shape index (κ2) is 4.74. The first kappa shape index (κ1) is 11.3. The molecule has 0 bridgehead atoms. The molecule has 0 N–H and O–H groups in total. The van der Waals surface area contributed by atoms with E-state index in [9.17, 15) is 9.90 Å². The van der Waals surface area contributed by atoms with E-state index in [4.69, 9.17) is 0 Å². The first-order valence-electron chi connectivity index (χ1n) is 5.30. The lowest BCUT2D eigenvalue weighted by Crippen LogP contribution is -2.43. The zero-order valence-corrected chi connectivity index (χ0v) is 9.54. The van der Waals surface area contributed by atoms with Gasteiger partial charge in [-0.25, -0.2) is 4.57 Å². The number of aryl methyl sites for hydroxylation is 1. The predicted octanol–water partition coefficient (Wildman–Crippen LogP) is -0.784. The largest absolute Gasteiger partial charge is 0.544 e. The van der Waals surface area contributed by atoms with Gasteiger partial charge in [0.05, 0.1) is 0 Å². The Morgan fingerprint density at radius 3 is 2.00 bits per heavy atom. The molecule has 0 fully saturated rings. The Labute approximate surface area is 99.4 Å². The molecule has 0 aliphatic carbocycles. The molecule has 4 heteroatoms. The predicted molar refractivity (Wildman–Crippen MR) is 58.3 cm³/mol. The van der Waals surface area contributed by atoms with Gasteiger partial charge in [0.2, 0.25) is 0 Å². The summed E-state index contributed by atoms with van der Waals surface area (Å²) in [6, 6.07) is 7.80. The van der Waals surface area contributed by atoms with E-state index < -0.39 is 5.97 Å². The third-order valence-electron chi connectivity index (χ3n) is 2.51. The van der Waals surface area contributed by atoms with Crippen LogP contribution in [-0.4, -0.2) is 5.97 Å². The summed E-state index contributed by atoms with van der Waals surface area (Å²) in [7, 11) is 1.96. The van der Waals surface area contributed by atoms with Gasteiger partial charge < -0.3 is 9.90 Å². The van der Waals surface area contributed by atoms with Gasteiger partial charge >= 0.3 is 0 Å². The lowest BCUT2D eigenvalue weighted by atomic mass is 10.1. The van der Waals surface area contributed by atoms with Crippen molar-refractivity contribution in [1.29, 1.82) is 0 Å². The number of aliphatic carboxylic acids is 1. The molecular formula is C13H13N2O2+. The van der Waals surface area contributed by atoms with Crippen molar-refractivity contribution in [2.45, 2.75) is 6.54 Å².